The molecule has 2 bridgehead atoms. The fourth-order valence-electron chi connectivity index (χ4n) is 6.54. The third-order valence-corrected chi connectivity index (χ3v) is 8.13. The number of hydrogen-bond acceptors (Lipinski definition) is 5. The maximum Gasteiger partial charge on any atom is 0.253 e. The van der Waals surface area contributed by atoms with Crippen LogP contribution in [-0.4, -0.2) is 83.2 Å². The summed E-state index contributed by atoms with van der Waals surface area (Å²) in [6.07, 6.45) is 4.35. The molecule has 0 saturated carbocycles. The summed E-state index contributed by atoms with van der Waals surface area (Å²) in [7, 11) is 1.69. The van der Waals surface area contributed by atoms with Crippen LogP contribution in [0.25, 0.3) is 0 Å². The topological polar surface area (TPSA) is 90.4 Å². The highest BCUT2D eigenvalue weighted by Crippen LogP contribution is 2.63. The molecule has 0 aliphatic carbocycles. The minimum Gasteiger partial charge on any atom is -0.395 e. The molecule has 1 N–H and O–H groups in total. The van der Waals surface area contributed by atoms with Crippen LogP contribution in [0, 0.1) is 25.7 Å². The maximum absolute atomic E-state index is 14.4. The van der Waals surface area contributed by atoms with Crippen molar-refractivity contribution in [1.82, 2.24) is 9.80 Å². The molecular weight excluding hydrogens is 458 g/mol. The Morgan fingerprint density at radius 2 is 1.89 bits per heavy atom. The zero-order valence-electron chi connectivity index (χ0n) is 21.7. The van der Waals surface area contributed by atoms with Crippen LogP contribution in [0.5, 0.6) is 0 Å². The Bertz CT molecular complexity index is 1100. The van der Waals surface area contributed by atoms with E-state index in [1.807, 2.05) is 39.0 Å². The zero-order chi connectivity index (χ0) is 26.4. The lowest BCUT2D eigenvalue weighted by Gasteiger charge is -2.37. The molecule has 3 heterocycles. The minimum absolute atomic E-state index is 0.00823. The van der Waals surface area contributed by atoms with Crippen LogP contribution in [0.4, 0.5) is 5.69 Å². The van der Waals surface area contributed by atoms with E-state index in [4.69, 9.17) is 4.74 Å². The normalized spacial score (nSPS) is 30.3. The first-order valence-electron chi connectivity index (χ1n) is 12.5. The van der Waals surface area contributed by atoms with Gasteiger partial charge in [-0.15, -0.1) is 13.2 Å². The molecule has 2 unspecified atom stereocenters. The Morgan fingerprint density at radius 1 is 1.19 bits per heavy atom. The monoisotopic (exact) mass is 495 g/mol. The lowest BCUT2D eigenvalue weighted by Crippen LogP contribution is -2.57. The van der Waals surface area contributed by atoms with Crippen LogP contribution >= 0.6 is 0 Å². The molecule has 1 aromatic rings. The highest BCUT2D eigenvalue weighted by atomic mass is 16.5. The Hall–Kier alpha value is -2.97. The number of carbonyl (C=O) groups excluding carboxylic acids is 3. The van der Waals surface area contributed by atoms with E-state index in [9.17, 15) is 19.5 Å². The third kappa shape index (κ3) is 3.78. The van der Waals surface area contributed by atoms with E-state index in [1.54, 1.807) is 29.0 Å². The number of anilines is 1. The SMILES string of the molecule is C=CCN(C)C(=O)[C@H]1[C@H]2C(=O)N(CCO)C(C(=O)N(CC=C)c3cc(C)ccc3C)C23CC[C@]1(C)O3. The molecule has 194 valence electrons. The molecule has 0 radical (unpaired) electrons. The molecule has 1 spiro atoms. The van der Waals surface area contributed by atoms with Gasteiger partial charge in [-0.3, -0.25) is 14.4 Å². The molecule has 5 atom stereocenters. The van der Waals surface area contributed by atoms with E-state index >= 15 is 0 Å². The number of aliphatic hydroxyl groups is 1. The molecule has 8 heteroatoms. The van der Waals surface area contributed by atoms with E-state index in [-0.39, 0.29) is 37.4 Å². The Labute approximate surface area is 213 Å². The second kappa shape index (κ2) is 9.48. The van der Waals surface area contributed by atoms with Gasteiger partial charge in [0, 0.05) is 32.4 Å². The molecule has 36 heavy (non-hydrogen) atoms. The minimum atomic E-state index is -1.13. The molecule has 8 nitrogen and oxygen atoms in total. The number of benzene rings is 1. The standard InChI is InChI=1S/C28H37N3O5/c1-7-13-29(6)24(33)21-22-25(34)31(15-16-32)23(28(22)12-11-27(21,5)36-28)26(35)30(14-8-2)20-17-18(3)9-10-19(20)4/h7-10,17,21-23,32H,1-2,11-16H2,3-6H3/t21-,22+,23?,27+,28?/m1/s1. The van der Waals surface area contributed by atoms with Crippen molar-refractivity contribution in [3.63, 3.8) is 0 Å². The Kier molecular flexibility index (Phi) is 6.88. The van der Waals surface area contributed by atoms with Gasteiger partial charge < -0.3 is 24.5 Å². The largest absolute Gasteiger partial charge is 0.395 e. The summed E-state index contributed by atoms with van der Waals surface area (Å²) in [5.41, 5.74) is 0.688. The summed E-state index contributed by atoms with van der Waals surface area (Å²) in [5, 5.41) is 9.84. The van der Waals surface area contributed by atoms with Crippen molar-refractivity contribution < 1.29 is 24.2 Å². The molecule has 3 fully saturated rings. The summed E-state index contributed by atoms with van der Waals surface area (Å²) >= 11 is 0. The van der Waals surface area contributed by atoms with Gasteiger partial charge in [-0.05, 0) is 50.8 Å². The van der Waals surface area contributed by atoms with Crippen LogP contribution in [0.1, 0.15) is 30.9 Å². The van der Waals surface area contributed by atoms with Gasteiger partial charge in [-0.2, -0.15) is 0 Å². The number of likely N-dealkylation sites (tertiary alicyclic amines) is 1. The number of β-amino-alcohol motifs (C(OH)–C–C–N with tert-alkyl or cyclic N) is 1. The van der Waals surface area contributed by atoms with E-state index in [2.05, 4.69) is 13.2 Å². The highest BCUT2D eigenvalue weighted by Gasteiger charge is 2.78. The number of aryl methyl sites for hydroxylation is 2. The zero-order valence-corrected chi connectivity index (χ0v) is 21.7. The maximum atomic E-state index is 14.4. The average molecular weight is 496 g/mol. The quantitative estimate of drug-likeness (QED) is 0.531. The fraction of sp³-hybridized carbons (Fsp3) is 0.536. The van der Waals surface area contributed by atoms with Crippen LogP contribution < -0.4 is 4.90 Å². The molecular formula is C28H37N3O5. The van der Waals surface area contributed by atoms with Crippen LogP contribution in [0.3, 0.4) is 0 Å². The number of hydrogen-bond donors (Lipinski definition) is 1. The van der Waals surface area contributed by atoms with Crippen molar-refractivity contribution in [2.24, 2.45) is 11.8 Å². The van der Waals surface area contributed by atoms with E-state index in [1.165, 1.54) is 4.90 Å². The van der Waals surface area contributed by atoms with Gasteiger partial charge in [0.05, 0.1) is 24.0 Å². The number of ether oxygens (including phenoxy) is 1. The first kappa shape index (κ1) is 26.1. The van der Waals surface area contributed by atoms with Gasteiger partial charge >= 0.3 is 0 Å². The second-order valence-corrected chi connectivity index (χ2v) is 10.5. The van der Waals surface area contributed by atoms with Gasteiger partial charge in [0.1, 0.15) is 11.6 Å². The van der Waals surface area contributed by atoms with Crippen LogP contribution in [0.2, 0.25) is 0 Å². The highest BCUT2D eigenvalue weighted by molar-refractivity contribution is 6.05. The van der Waals surface area contributed by atoms with E-state index in [0.717, 1.165) is 16.8 Å². The molecule has 4 rings (SSSR count). The molecule has 3 amide bonds. The first-order valence-corrected chi connectivity index (χ1v) is 12.5. The van der Waals surface area contributed by atoms with Crippen LogP contribution in [0.15, 0.2) is 43.5 Å². The molecule has 0 aromatic heterocycles. The van der Waals surface area contributed by atoms with Crippen LogP contribution in [-0.2, 0) is 19.1 Å². The van der Waals surface area contributed by atoms with Crippen molar-refractivity contribution in [1.29, 1.82) is 0 Å². The first-order chi connectivity index (χ1) is 17.1. The summed E-state index contributed by atoms with van der Waals surface area (Å²) < 4.78 is 6.64. The van der Waals surface area contributed by atoms with Crippen molar-refractivity contribution in [3.05, 3.63) is 54.6 Å². The number of carbonyl (C=O) groups is 3. The van der Waals surface area contributed by atoms with E-state index < -0.39 is 29.1 Å². The number of aliphatic hydroxyl groups excluding tert-OH is 1. The van der Waals surface area contributed by atoms with Crippen molar-refractivity contribution in [2.75, 3.05) is 38.2 Å². The average Bonchev–Trinajstić information content (AvgIpc) is 3.40. The molecule has 3 saturated heterocycles. The molecule has 3 aliphatic rings. The van der Waals surface area contributed by atoms with Gasteiger partial charge in [0.25, 0.3) is 5.91 Å². The van der Waals surface area contributed by atoms with Gasteiger partial charge in [-0.1, -0.05) is 24.3 Å². The van der Waals surface area contributed by atoms with Crippen molar-refractivity contribution in [3.8, 4) is 0 Å². The predicted octanol–water partition coefficient (Wildman–Crippen LogP) is 2.22. The predicted molar refractivity (Wildman–Crippen MR) is 137 cm³/mol. The number of amides is 3. The summed E-state index contributed by atoms with van der Waals surface area (Å²) in [4.78, 5) is 46.5. The van der Waals surface area contributed by atoms with Gasteiger partial charge in [0.2, 0.25) is 11.8 Å². The second-order valence-electron chi connectivity index (χ2n) is 10.5. The fourth-order valence-corrected chi connectivity index (χ4v) is 6.54. The smallest absolute Gasteiger partial charge is 0.253 e. The lowest BCUT2D eigenvalue weighted by molar-refractivity contribution is -0.149. The number of nitrogens with zero attached hydrogens (tertiary/aromatic N) is 3. The number of fused-ring (bicyclic) bond motifs is 1. The van der Waals surface area contributed by atoms with Crippen molar-refractivity contribution in [2.45, 2.75) is 50.9 Å². The summed E-state index contributed by atoms with van der Waals surface area (Å²) in [6, 6.07) is 4.94. The number of likely N-dealkylation sites (N-methyl/N-ethyl adjacent to an activating group) is 1. The Balaban J connectivity index is 1.81. The summed E-state index contributed by atoms with van der Waals surface area (Å²) in [6.45, 7) is 13.6. The van der Waals surface area contributed by atoms with Gasteiger partial charge in [0.15, 0.2) is 0 Å². The lowest BCUT2D eigenvalue weighted by atomic mass is 9.66. The summed E-state index contributed by atoms with van der Waals surface area (Å²) in [5.74, 6) is -2.29. The molecule has 1 aromatic carbocycles. The van der Waals surface area contributed by atoms with E-state index in [0.29, 0.717) is 19.4 Å². The Morgan fingerprint density at radius 3 is 2.53 bits per heavy atom. The third-order valence-electron chi connectivity index (χ3n) is 8.13. The number of rotatable bonds is 9. The van der Waals surface area contributed by atoms with Crippen molar-refractivity contribution >= 4 is 23.4 Å². The van der Waals surface area contributed by atoms with Gasteiger partial charge in [-0.25, -0.2) is 0 Å². The molecule has 3 aliphatic heterocycles.